The average molecular weight is 298 g/mol. The molecule has 110 valence electrons. The number of tetrazole rings is 1. The maximum absolute atomic E-state index is 9.80. The fraction of sp³-hybridized carbons (Fsp3) is 0.917. The third-order valence-corrected chi connectivity index (χ3v) is 5.64. The lowest BCUT2D eigenvalue weighted by molar-refractivity contribution is 0.0167. The van der Waals surface area contributed by atoms with E-state index in [0.29, 0.717) is 18.5 Å². The van der Waals surface area contributed by atoms with Gasteiger partial charge in [0, 0.05) is 5.25 Å². The van der Waals surface area contributed by atoms with Gasteiger partial charge >= 0.3 is 0 Å². The minimum absolute atomic E-state index is 0.0314. The Morgan fingerprint density at radius 3 is 2.80 bits per heavy atom. The van der Waals surface area contributed by atoms with Gasteiger partial charge < -0.3 is 14.6 Å². The summed E-state index contributed by atoms with van der Waals surface area (Å²) in [6, 6.07) is -0.0314. The van der Waals surface area contributed by atoms with Crippen LogP contribution < -0.4 is 0 Å². The number of hydrogen-bond acceptors (Lipinski definition) is 7. The maximum Gasteiger partial charge on any atom is 0.210 e. The molecule has 1 saturated carbocycles. The van der Waals surface area contributed by atoms with Crippen molar-refractivity contribution in [3.8, 4) is 0 Å². The van der Waals surface area contributed by atoms with Gasteiger partial charge in [0.05, 0.1) is 13.2 Å². The molecule has 7 nitrogen and oxygen atoms in total. The molecular formula is C12H18N4O3S. The van der Waals surface area contributed by atoms with Crippen LogP contribution in [0.25, 0.3) is 0 Å². The quantitative estimate of drug-likeness (QED) is 0.865. The van der Waals surface area contributed by atoms with E-state index in [1.165, 1.54) is 25.7 Å². The summed E-state index contributed by atoms with van der Waals surface area (Å²) in [6.45, 7) is 0.828. The van der Waals surface area contributed by atoms with Crippen molar-refractivity contribution in [1.82, 2.24) is 20.2 Å². The molecule has 4 rings (SSSR count). The van der Waals surface area contributed by atoms with E-state index in [9.17, 15) is 5.11 Å². The number of thioether (sulfide) groups is 1. The first-order valence-corrected chi connectivity index (χ1v) is 8.06. The lowest BCUT2D eigenvalue weighted by Gasteiger charge is -2.17. The van der Waals surface area contributed by atoms with Crippen LogP contribution in [0.1, 0.15) is 31.7 Å². The molecule has 0 spiro atoms. The lowest BCUT2D eigenvalue weighted by atomic mass is 10.1. The molecule has 1 aromatic heterocycles. The summed E-state index contributed by atoms with van der Waals surface area (Å²) in [5, 5.41) is 23.3. The Kier molecular flexibility index (Phi) is 3.41. The Hall–Kier alpha value is -0.700. The monoisotopic (exact) mass is 298 g/mol. The molecule has 0 bridgehead atoms. The van der Waals surface area contributed by atoms with Gasteiger partial charge in [0.25, 0.3) is 0 Å². The van der Waals surface area contributed by atoms with E-state index < -0.39 is 6.10 Å². The SMILES string of the molecule is O[C@@H]1CO[C@H]2[C@@H]1OC[C@@H]2n1nnnc1SC1CCCC1. The highest BCUT2D eigenvalue weighted by atomic mass is 32.2. The Morgan fingerprint density at radius 2 is 1.95 bits per heavy atom. The molecule has 1 N–H and O–H groups in total. The summed E-state index contributed by atoms with van der Waals surface area (Å²) in [5.41, 5.74) is 0. The zero-order chi connectivity index (χ0) is 13.5. The minimum atomic E-state index is -0.535. The average Bonchev–Trinajstić information content (AvgIpc) is 3.18. The number of aromatic nitrogens is 4. The molecule has 1 aliphatic carbocycles. The first kappa shape index (κ1) is 13.0. The number of nitrogens with zero attached hydrogens (tertiary/aromatic N) is 4. The molecular weight excluding hydrogens is 280 g/mol. The van der Waals surface area contributed by atoms with Crippen molar-refractivity contribution in [3.05, 3.63) is 0 Å². The fourth-order valence-corrected chi connectivity index (χ4v) is 4.53. The Morgan fingerprint density at radius 1 is 1.15 bits per heavy atom. The second-order valence-corrected chi connectivity index (χ2v) is 6.93. The summed E-state index contributed by atoms with van der Waals surface area (Å²) >= 11 is 1.76. The summed E-state index contributed by atoms with van der Waals surface area (Å²) in [6.07, 6.45) is 4.15. The van der Waals surface area contributed by atoms with Gasteiger partial charge in [-0.3, -0.25) is 0 Å². The van der Waals surface area contributed by atoms with Crippen LogP contribution in [0, 0.1) is 0 Å². The van der Waals surface area contributed by atoms with E-state index in [0.717, 1.165) is 5.16 Å². The number of ether oxygens (including phenoxy) is 2. The Bertz CT molecular complexity index is 479. The molecule has 3 heterocycles. The second-order valence-electron chi connectivity index (χ2n) is 5.66. The molecule has 2 aliphatic heterocycles. The normalized spacial score (nSPS) is 37.6. The van der Waals surface area contributed by atoms with Crippen LogP contribution in [0.3, 0.4) is 0 Å². The van der Waals surface area contributed by atoms with Crippen molar-refractivity contribution in [2.24, 2.45) is 0 Å². The van der Waals surface area contributed by atoms with E-state index in [4.69, 9.17) is 9.47 Å². The van der Waals surface area contributed by atoms with Crippen LogP contribution in [0.5, 0.6) is 0 Å². The molecule has 0 unspecified atom stereocenters. The summed E-state index contributed by atoms with van der Waals surface area (Å²) in [5.74, 6) is 0. The fourth-order valence-electron chi connectivity index (χ4n) is 3.30. The van der Waals surface area contributed by atoms with Crippen LogP contribution in [0.2, 0.25) is 0 Å². The van der Waals surface area contributed by atoms with Gasteiger partial charge in [-0.1, -0.05) is 24.6 Å². The second kappa shape index (κ2) is 5.25. The van der Waals surface area contributed by atoms with Crippen molar-refractivity contribution in [3.63, 3.8) is 0 Å². The predicted octanol–water partition coefficient (Wildman–Crippen LogP) is 0.407. The summed E-state index contributed by atoms with van der Waals surface area (Å²) in [4.78, 5) is 0. The molecule has 3 aliphatic rings. The molecule has 4 atom stereocenters. The van der Waals surface area contributed by atoms with E-state index in [2.05, 4.69) is 15.5 Å². The van der Waals surface area contributed by atoms with Gasteiger partial charge in [-0.2, -0.15) is 0 Å². The standard InChI is InChI=1S/C12H18N4O3S/c17-9-6-19-10-8(5-18-11(9)10)16-12(13-14-15-16)20-7-3-1-2-4-7/h7-11,17H,1-6H2/t8-,9+,10+,11+/m0/s1. The zero-order valence-corrected chi connectivity index (χ0v) is 11.9. The van der Waals surface area contributed by atoms with Gasteiger partial charge in [0.15, 0.2) is 0 Å². The lowest BCUT2D eigenvalue weighted by Crippen LogP contribution is -2.30. The third-order valence-electron chi connectivity index (χ3n) is 4.35. The van der Waals surface area contributed by atoms with Crippen molar-refractivity contribution < 1.29 is 14.6 Å². The number of fused-ring (bicyclic) bond motifs is 1. The van der Waals surface area contributed by atoms with Gasteiger partial charge in [-0.05, 0) is 23.3 Å². The maximum atomic E-state index is 9.80. The molecule has 3 fully saturated rings. The molecule has 0 aromatic carbocycles. The number of aliphatic hydroxyl groups excluding tert-OH is 1. The zero-order valence-electron chi connectivity index (χ0n) is 11.1. The molecule has 8 heteroatoms. The van der Waals surface area contributed by atoms with Gasteiger partial charge in [-0.25, -0.2) is 4.68 Å². The Labute approximate surface area is 121 Å². The predicted molar refractivity (Wildman–Crippen MR) is 70.5 cm³/mol. The number of aliphatic hydroxyl groups is 1. The van der Waals surface area contributed by atoms with Crippen LogP contribution in [-0.4, -0.2) is 62.1 Å². The van der Waals surface area contributed by atoms with Crippen LogP contribution in [0.15, 0.2) is 5.16 Å². The van der Waals surface area contributed by atoms with Gasteiger partial charge in [0.2, 0.25) is 5.16 Å². The van der Waals surface area contributed by atoms with Crippen LogP contribution in [0.4, 0.5) is 0 Å². The minimum Gasteiger partial charge on any atom is -0.388 e. The third kappa shape index (κ3) is 2.14. The molecule has 0 amide bonds. The molecule has 1 aromatic rings. The topological polar surface area (TPSA) is 82.3 Å². The summed E-state index contributed by atoms with van der Waals surface area (Å²) < 4.78 is 13.1. The van der Waals surface area contributed by atoms with Crippen molar-refractivity contribution in [2.45, 2.75) is 60.4 Å². The number of hydrogen-bond donors (Lipinski definition) is 1. The van der Waals surface area contributed by atoms with Gasteiger partial charge in [0.1, 0.15) is 24.4 Å². The highest BCUT2D eigenvalue weighted by Gasteiger charge is 2.49. The first-order valence-electron chi connectivity index (χ1n) is 7.19. The molecule has 2 saturated heterocycles. The van der Waals surface area contributed by atoms with Crippen LogP contribution >= 0.6 is 11.8 Å². The van der Waals surface area contributed by atoms with E-state index in [1.807, 2.05) is 4.68 Å². The van der Waals surface area contributed by atoms with E-state index in [1.54, 1.807) is 11.8 Å². The van der Waals surface area contributed by atoms with Gasteiger partial charge in [-0.15, -0.1) is 5.10 Å². The molecule has 0 radical (unpaired) electrons. The smallest absolute Gasteiger partial charge is 0.210 e. The largest absolute Gasteiger partial charge is 0.388 e. The van der Waals surface area contributed by atoms with Crippen LogP contribution in [-0.2, 0) is 9.47 Å². The molecule has 20 heavy (non-hydrogen) atoms. The van der Waals surface area contributed by atoms with Crippen molar-refractivity contribution >= 4 is 11.8 Å². The number of rotatable bonds is 3. The Balaban J connectivity index is 1.52. The first-order chi connectivity index (χ1) is 9.83. The summed E-state index contributed by atoms with van der Waals surface area (Å²) in [7, 11) is 0. The highest BCUT2D eigenvalue weighted by Crippen LogP contribution is 2.38. The van der Waals surface area contributed by atoms with E-state index in [-0.39, 0.29) is 18.2 Å². The van der Waals surface area contributed by atoms with Crippen molar-refractivity contribution in [1.29, 1.82) is 0 Å². The highest BCUT2D eigenvalue weighted by molar-refractivity contribution is 7.99. The van der Waals surface area contributed by atoms with E-state index >= 15 is 0 Å². The van der Waals surface area contributed by atoms with Crippen molar-refractivity contribution in [2.75, 3.05) is 13.2 Å².